The Morgan fingerprint density at radius 1 is 0.913 bits per heavy atom. The summed E-state index contributed by atoms with van der Waals surface area (Å²) in [6.07, 6.45) is 5.20. The summed E-state index contributed by atoms with van der Waals surface area (Å²) in [5.74, 6) is 0. The van der Waals surface area contributed by atoms with Gasteiger partial charge in [-0.3, -0.25) is 0 Å². The highest BCUT2D eigenvalue weighted by molar-refractivity contribution is 9.09. The maximum absolute atomic E-state index is 4.31. The Bertz CT molecular complexity index is 604. The molecule has 0 aliphatic heterocycles. The molecule has 2 rings (SSSR count). The van der Waals surface area contributed by atoms with Crippen molar-refractivity contribution in [2.45, 2.75) is 26.8 Å². The monoisotopic (exact) mass is 375 g/mol. The molecular formula is C18H24BrN4+. The minimum Gasteiger partial charge on any atom is -0.372 e. The highest BCUT2D eigenvalue weighted by atomic mass is 79.9. The molecule has 122 valence electrons. The van der Waals surface area contributed by atoms with Gasteiger partial charge in [0, 0.05) is 42.7 Å². The van der Waals surface area contributed by atoms with Crippen LogP contribution in [0.2, 0.25) is 0 Å². The van der Waals surface area contributed by atoms with E-state index in [-0.39, 0.29) is 0 Å². The molecule has 0 aliphatic carbocycles. The molecule has 0 spiro atoms. The lowest BCUT2D eigenvalue weighted by molar-refractivity contribution is -0.696. The van der Waals surface area contributed by atoms with Gasteiger partial charge in [-0.1, -0.05) is 15.9 Å². The van der Waals surface area contributed by atoms with Gasteiger partial charge in [0.05, 0.1) is 11.4 Å². The van der Waals surface area contributed by atoms with Gasteiger partial charge < -0.3 is 4.90 Å². The van der Waals surface area contributed by atoms with Crippen molar-refractivity contribution in [2.24, 2.45) is 10.2 Å². The van der Waals surface area contributed by atoms with E-state index in [1.54, 1.807) is 0 Å². The van der Waals surface area contributed by atoms with Crippen LogP contribution in [0, 0.1) is 0 Å². The van der Waals surface area contributed by atoms with Crippen molar-refractivity contribution in [1.29, 1.82) is 0 Å². The van der Waals surface area contributed by atoms with E-state index in [0.29, 0.717) is 0 Å². The summed E-state index contributed by atoms with van der Waals surface area (Å²) in [5, 5.41) is 9.63. The molecule has 2 aromatic rings. The summed E-state index contributed by atoms with van der Waals surface area (Å²) in [5.41, 5.74) is 2.96. The van der Waals surface area contributed by atoms with Gasteiger partial charge in [0.2, 0.25) is 0 Å². The Hall–Kier alpha value is -1.75. The number of halogens is 1. The fraction of sp³-hybridized carbons (Fsp3) is 0.389. The molecule has 0 amide bonds. The highest BCUT2D eigenvalue weighted by Crippen LogP contribution is 2.21. The number of anilines is 1. The summed E-state index contributed by atoms with van der Waals surface area (Å²) in [7, 11) is 0. The minimum atomic E-state index is 0.868. The maximum Gasteiger partial charge on any atom is 0.171 e. The van der Waals surface area contributed by atoms with Crippen molar-refractivity contribution in [2.75, 3.05) is 23.3 Å². The number of nitrogens with zero attached hydrogens (tertiary/aromatic N) is 4. The summed E-state index contributed by atoms with van der Waals surface area (Å²) < 4.78 is 2.15. The van der Waals surface area contributed by atoms with E-state index in [1.807, 2.05) is 36.7 Å². The van der Waals surface area contributed by atoms with Crippen molar-refractivity contribution in [3.63, 3.8) is 0 Å². The largest absolute Gasteiger partial charge is 0.372 e. The summed E-state index contributed by atoms with van der Waals surface area (Å²) in [6.45, 7) is 7.36. The first-order valence-electron chi connectivity index (χ1n) is 8.08. The lowest BCUT2D eigenvalue weighted by Gasteiger charge is -2.20. The smallest absolute Gasteiger partial charge is 0.171 e. The van der Waals surface area contributed by atoms with E-state index in [2.05, 4.69) is 61.6 Å². The van der Waals surface area contributed by atoms with Crippen LogP contribution >= 0.6 is 15.9 Å². The molecule has 1 aromatic carbocycles. The molecule has 0 saturated heterocycles. The lowest BCUT2D eigenvalue weighted by Crippen LogP contribution is -2.32. The third-order valence-electron chi connectivity index (χ3n) is 3.68. The summed E-state index contributed by atoms with van der Waals surface area (Å²) >= 11 is 3.45. The molecule has 1 heterocycles. The molecule has 0 bridgehead atoms. The van der Waals surface area contributed by atoms with Gasteiger partial charge in [-0.2, -0.15) is 10.2 Å². The van der Waals surface area contributed by atoms with Gasteiger partial charge in [-0.25, -0.2) is 4.57 Å². The number of alkyl halides is 1. The topological polar surface area (TPSA) is 31.8 Å². The van der Waals surface area contributed by atoms with E-state index in [9.17, 15) is 0 Å². The molecule has 5 heteroatoms. The summed E-state index contributed by atoms with van der Waals surface area (Å²) in [4.78, 5) is 2.31. The zero-order chi connectivity index (χ0) is 16.5. The average molecular weight is 376 g/mol. The van der Waals surface area contributed by atoms with Crippen LogP contribution in [-0.4, -0.2) is 18.4 Å². The first-order valence-corrected chi connectivity index (χ1v) is 9.20. The normalized spacial score (nSPS) is 11.1. The SMILES string of the molecule is CCN(CC)c1ccc(/N=N/c2cc[n+](CCCBr)cc2)cc1. The zero-order valence-electron chi connectivity index (χ0n) is 13.8. The molecular weight excluding hydrogens is 352 g/mol. The predicted molar refractivity (Wildman–Crippen MR) is 99.2 cm³/mol. The Morgan fingerprint density at radius 3 is 2.00 bits per heavy atom. The Balaban J connectivity index is 1.99. The van der Waals surface area contributed by atoms with Crippen molar-refractivity contribution in [3.8, 4) is 0 Å². The third-order valence-corrected chi connectivity index (χ3v) is 4.24. The van der Waals surface area contributed by atoms with E-state index < -0.39 is 0 Å². The second-order valence-electron chi connectivity index (χ2n) is 5.23. The van der Waals surface area contributed by atoms with Crippen LogP contribution in [-0.2, 0) is 6.54 Å². The van der Waals surface area contributed by atoms with Crippen molar-refractivity contribution in [1.82, 2.24) is 0 Å². The molecule has 0 radical (unpaired) electrons. The number of azo groups is 1. The molecule has 1 aromatic heterocycles. The lowest BCUT2D eigenvalue weighted by atomic mass is 10.2. The number of hydrogen-bond acceptors (Lipinski definition) is 3. The molecule has 4 nitrogen and oxygen atoms in total. The van der Waals surface area contributed by atoms with Gasteiger partial charge in [-0.05, 0) is 38.1 Å². The van der Waals surface area contributed by atoms with Crippen molar-refractivity contribution in [3.05, 3.63) is 48.8 Å². The second kappa shape index (κ2) is 9.40. The van der Waals surface area contributed by atoms with E-state index >= 15 is 0 Å². The van der Waals surface area contributed by atoms with Crippen LogP contribution in [0.5, 0.6) is 0 Å². The molecule has 0 atom stereocenters. The first-order chi connectivity index (χ1) is 11.3. The predicted octanol–water partition coefficient (Wildman–Crippen LogP) is 5.02. The molecule has 0 N–H and O–H groups in total. The van der Waals surface area contributed by atoms with E-state index in [1.165, 1.54) is 5.69 Å². The average Bonchev–Trinajstić information content (AvgIpc) is 2.61. The Labute approximate surface area is 147 Å². The molecule has 0 aliphatic rings. The number of rotatable bonds is 8. The van der Waals surface area contributed by atoms with Crippen LogP contribution in [0.1, 0.15) is 20.3 Å². The van der Waals surface area contributed by atoms with Crippen molar-refractivity contribution >= 4 is 33.0 Å². The van der Waals surface area contributed by atoms with Gasteiger partial charge in [0.1, 0.15) is 6.54 Å². The Morgan fingerprint density at radius 2 is 1.48 bits per heavy atom. The van der Waals surface area contributed by atoms with Gasteiger partial charge in [0.15, 0.2) is 12.4 Å². The second-order valence-corrected chi connectivity index (χ2v) is 6.02. The number of benzene rings is 1. The minimum absolute atomic E-state index is 0.868. The van der Waals surface area contributed by atoms with Crippen LogP contribution in [0.15, 0.2) is 59.0 Å². The number of aromatic nitrogens is 1. The maximum atomic E-state index is 4.31. The van der Waals surface area contributed by atoms with E-state index in [0.717, 1.165) is 42.8 Å². The fourth-order valence-corrected chi connectivity index (χ4v) is 2.59. The highest BCUT2D eigenvalue weighted by Gasteiger charge is 2.02. The van der Waals surface area contributed by atoms with Gasteiger partial charge in [0.25, 0.3) is 0 Å². The molecule has 23 heavy (non-hydrogen) atoms. The zero-order valence-corrected chi connectivity index (χ0v) is 15.4. The van der Waals surface area contributed by atoms with Gasteiger partial charge in [-0.15, -0.1) is 0 Å². The number of aryl methyl sites for hydroxylation is 1. The first kappa shape index (κ1) is 17.6. The van der Waals surface area contributed by atoms with E-state index in [4.69, 9.17) is 0 Å². The molecule has 0 unspecified atom stereocenters. The third kappa shape index (κ3) is 5.43. The van der Waals surface area contributed by atoms with Crippen LogP contribution in [0.25, 0.3) is 0 Å². The number of hydrogen-bond donors (Lipinski definition) is 0. The standard InChI is InChI=1S/C18H24BrN4/c1-3-23(4-2)18-8-6-16(7-9-18)20-21-17-10-14-22(15-11-17)13-5-12-19/h6-11,14-15H,3-5,12-13H2,1-2H3/q+1. The quantitative estimate of drug-likeness (QED) is 0.362. The van der Waals surface area contributed by atoms with Crippen LogP contribution in [0.3, 0.4) is 0 Å². The van der Waals surface area contributed by atoms with Crippen molar-refractivity contribution < 1.29 is 4.57 Å². The Kier molecular flexibility index (Phi) is 7.20. The number of pyridine rings is 1. The van der Waals surface area contributed by atoms with Crippen LogP contribution in [0.4, 0.5) is 17.1 Å². The molecule has 0 saturated carbocycles. The fourth-order valence-electron chi connectivity index (χ4n) is 2.34. The van der Waals surface area contributed by atoms with Gasteiger partial charge >= 0.3 is 0 Å². The summed E-state index contributed by atoms with van der Waals surface area (Å²) in [6, 6.07) is 12.2. The van der Waals surface area contributed by atoms with Crippen LogP contribution < -0.4 is 9.47 Å². The molecule has 0 fully saturated rings.